The number of methoxy groups -OCH3 is 1. The zero-order chi connectivity index (χ0) is 18.0. The van der Waals surface area contributed by atoms with Crippen LogP contribution in [0.4, 0.5) is 14.5 Å². The van der Waals surface area contributed by atoms with Crippen molar-refractivity contribution in [1.82, 2.24) is 9.78 Å². The largest absolute Gasteiger partial charge is 0.497 e. The number of hydrogen-bond donors (Lipinski definition) is 1. The van der Waals surface area contributed by atoms with Gasteiger partial charge in [-0.05, 0) is 30.3 Å². The minimum absolute atomic E-state index is 0.111. The van der Waals surface area contributed by atoms with E-state index >= 15 is 0 Å². The predicted octanol–water partition coefficient (Wildman–Crippen LogP) is 3.63. The number of hydrogen-bond acceptors (Lipinski definition) is 3. The van der Waals surface area contributed by atoms with E-state index in [0.29, 0.717) is 17.5 Å². The number of carbonyl (C=O) groups excluding carboxylic acids is 1. The number of nitrogens with one attached hydrogen (secondary N) is 1. The van der Waals surface area contributed by atoms with Gasteiger partial charge in [-0.15, -0.1) is 0 Å². The molecule has 0 unspecified atom stereocenters. The molecule has 3 rings (SSSR count). The van der Waals surface area contributed by atoms with Crippen LogP contribution in [0.25, 0.3) is 11.3 Å². The van der Waals surface area contributed by atoms with E-state index in [1.807, 2.05) is 24.3 Å². The maximum atomic E-state index is 13.7. The number of halogens is 2. The molecule has 5 nitrogen and oxygen atoms in total. The Morgan fingerprint density at radius 2 is 1.96 bits per heavy atom. The Labute approximate surface area is 142 Å². The van der Waals surface area contributed by atoms with Gasteiger partial charge < -0.3 is 10.1 Å². The second-order valence-electron chi connectivity index (χ2n) is 5.35. The standard InChI is InChI=1S/C18H15F2N3O2/c1-23-17(11-4-3-5-13(8-11)25-2)10-16(22-23)18(24)21-15-7-6-12(19)9-14(15)20/h3-10H,1-2H3,(H,21,24). The first-order valence-electron chi connectivity index (χ1n) is 7.43. The fourth-order valence-electron chi connectivity index (χ4n) is 2.41. The number of rotatable bonds is 4. The fourth-order valence-corrected chi connectivity index (χ4v) is 2.41. The number of aryl methyl sites for hydroxylation is 1. The van der Waals surface area contributed by atoms with Crippen LogP contribution in [0.2, 0.25) is 0 Å². The van der Waals surface area contributed by atoms with Gasteiger partial charge in [0.2, 0.25) is 0 Å². The lowest BCUT2D eigenvalue weighted by Crippen LogP contribution is -2.14. The quantitative estimate of drug-likeness (QED) is 0.787. The summed E-state index contributed by atoms with van der Waals surface area (Å²) in [7, 11) is 3.27. The topological polar surface area (TPSA) is 56.1 Å². The molecule has 1 amide bonds. The van der Waals surface area contributed by atoms with Crippen LogP contribution in [0.5, 0.6) is 5.75 Å². The van der Waals surface area contributed by atoms with E-state index in [1.165, 1.54) is 0 Å². The van der Waals surface area contributed by atoms with Crippen molar-refractivity contribution < 1.29 is 18.3 Å². The van der Waals surface area contributed by atoms with Gasteiger partial charge in [0.05, 0.1) is 18.5 Å². The Hall–Kier alpha value is -3.22. The van der Waals surface area contributed by atoms with Crippen LogP contribution in [0.3, 0.4) is 0 Å². The molecular formula is C18H15F2N3O2. The van der Waals surface area contributed by atoms with E-state index < -0.39 is 17.5 Å². The molecule has 2 aromatic carbocycles. The smallest absolute Gasteiger partial charge is 0.276 e. The van der Waals surface area contributed by atoms with Crippen LogP contribution in [-0.2, 0) is 7.05 Å². The minimum Gasteiger partial charge on any atom is -0.497 e. The Balaban J connectivity index is 1.87. The van der Waals surface area contributed by atoms with E-state index in [2.05, 4.69) is 10.4 Å². The van der Waals surface area contributed by atoms with E-state index in [9.17, 15) is 13.6 Å². The maximum absolute atomic E-state index is 13.7. The zero-order valence-electron chi connectivity index (χ0n) is 13.6. The maximum Gasteiger partial charge on any atom is 0.276 e. The molecule has 0 saturated carbocycles. The highest BCUT2D eigenvalue weighted by molar-refractivity contribution is 6.03. The lowest BCUT2D eigenvalue weighted by Gasteiger charge is -2.04. The molecule has 0 radical (unpaired) electrons. The van der Waals surface area contributed by atoms with Gasteiger partial charge in [-0.1, -0.05) is 12.1 Å². The molecule has 0 bridgehead atoms. The average molecular weight is 343 g/mol. The third-order valence-electron chi connectivity index (χ3n) is 3.66. The molecule has 0 fully saturated rings. The molecule has 0 aliphatic heterocycles. The number of aromatic nitrogens is 2. The molecule has 0 atom stereocenters. The number of benzene rings is 2. The first-order chi connectivity index (χ1) is 12.0. The summed E-state index contributed by atoms with van der Waals surface area (Å²) in [6, 6.07) is 11.8. The Bertz CT molecular complexity index is 938. The summed E-state index contributed by atoms with van der Waals surface area (Å²) >= 11 is 0. The van der Waals surface area contributed by atoms with E-state index in [0.717, 1.165) is 17.7 Å². The van der Waals surface area contributed by atoms with Gasteiger partial charge in [0.15, 0.2) is 5.69 Å². The summed E-state index contributed by atoms with van der Waals surface area (Å²) in [6.07, 6.45) is 0. The molecule has 0 aliphatic carbocycles. The number of anilines is 1. The van der Waals surface area contributed by atoms with Crippen LogP contribution in [0.1, 0.15) is 10.5 Å². The monoisotopic (exact) mass is 343 g/mol. The van der Waals surface area contributed by atoms with Gasteiger partial charge in [-0.25, -0.2) is 8.78 Å². The lowest BCUT2D eigenvalue weighted by molar-refractivity contribution is 0.102. The van der Waals surface area contributed by atoms with Gasteiger partial charge in [-0.3, -0.25) is 9.48 Å². The van der Waals surface area contributed by atoms with Gasteiger partial charge in [0.25, 0.3) is 5.91 Å². The first kappa shape index (κ1) is 16.6. The third kappa shape index (κ3) is 3.50. The van der Waals surface area contributed by atoms with Crippen LogP contribution in [0, 0.1) is 11.6 Å². The van der Waals surface area contributed by atoms with E-state index in [1.54, 1.807) is 24.9 Å². The van der Waals surface area contributed by atoms with Crippen molar-refractivity contribution in [2.45, 2.75) is 0 Å². The van der Waals surface area contributed by atoms with Crippen LogP contribution < -0.4 is 10.1 Å². The highest BCUT2D eigenvalue weighted by atomic mass is 19.1. The molecule has 0 aliphatic rings. The molecular weight excluding hydrogens is 328 g/mol. The molecule has 0 spiro atoms. The fraction of sp³-hybridized carbons (Fsp3) is 0.111. The third-order valence-corrected chi connectivity index (χ3v) is 3.66. The van der Waals surface area contributed by atoms with Crippen LogP contribution in [0.15, 0.2) is 48.5 Å². The second kappa shape index (κ2) is 6.72. The van der Waals surface area contributed by atoms with Crippen molar-refractivity contribution >= 4 is 11.6 Å². The molecule has 7 heteroatoms. The summed E-state index contributed by atoms with van der Waals surface area (Å²) in [5, 5.41) is 6.54. The van der Waals surface area contributed by atoms with Gasteiger partial charge in [0.1, 0.15) is 17.4 Å². The molecule has 25 heavy (non-hydrogen) atoms. The summed E-state index contributed by atoms with van der Waals surface area (Å²) in [4.78, 5) is 12.3. The summed E-state index contributed by atoms with van der Waals surface area (Å²) < 4.78 is 33.3. The zero-order valence-corrected chi connectivity index (χ0v) is 13.6. The Morgan fingerprint density at radius 1 is 1.16 bits per heavy atom. The minimum atomic E-state index is -0.850. The summed E-state index contributed by atoms with van der Waals surface area (Å²) in [5.41, 5.74) is 1.52. The van der Waals surface area contributed by atoms with Gasteiger partial charge in [0, 0.05) is 18.7 Å². The molecule has 1 heterocycles. The number of amides is 1. The SMILES string of the molecule is COc1cccc(-c2cc(C(=O)Nc3ccc(F)cc3F)nn2C)c1. The van der Waals surface area contributed by atoms with Crippen molar-refractivity contribution in [1.29, 1.82) is 0 Å². The van der Waals surface area contributed by atoms with Crippen LogP contribution in [-0.4, -0.2) is 22.8 Å². The molecule has 3 aromatic rings. The Kier molecular flexibility index (Phi) is 4.47. The first-order valence-corrected chi connectivity index (χ1v) is 7.43. The van der Waals surface area contributed by atoms with E-state index in [4.69, 9.17) is 4.74 Å². The van der Waals surface area contributed by atoms with Crippen LogP contribution >= 0.6 is 0 Å². The number of nitrogens with zero attached hydrogens (tertiary/aromatic N) is 2. The Morgan fingerprint density at radius 3 is 2.68 bits per heavy atom. The highest BCUT2D eigenvalue weighted by Crippen LogP contribution is 2.24. The highest BCUT2D eigenvalue weighted by Gasteiger charge is 2.16. The second-order valence-corrected chi connectivity index (χ2v) is 5.35. The molecule has 0 saturated heterocycles. The number of carbonyl (C=O) groups is 1. The van der Waals surface area contributed by atoms with Crippen molar-refractivity contribution in [3.63, 3.8) is 0 Å². The van der Waals surface area contributed by atoms with Crippen molar-refractivity contribution in [3.05, 3.63) is 65.9 Å². The van der Waals surface area contributed by atoms with Crippen molar-refractivity contribution in [2.24, 2.45) is 7.05 Å². The summed E-state index contributed by atoms with van der Waals surface area (Å²) in [5.74, 6) is -1.47. The molecule has 128 valence electrons. The average Bonchev–Trinajstić information content (AvgIpc) is 2.99. The van der Waals surface area contributed by atoms with Gasteiger partial charge in [-0.2, -0.15) is 5.10 Å². The summed E-state index contributed by atoms with van der Waals surface area (Å²) in [6.45, 7) is 0. The predicted molar refractivity (Wildman–Crippen MR) is 89.5 cm³/mol. The molecule has 1 N–H and O–H groups in total. The normalized spacial score (nSPS) is 10.6. The van der Waals surface area contributed by atoms with E-state index in [-0.39, 0.29) is 11.4 Å². The molecule has 1 aromatic heterocycles. The number of ether oxygens (including phenoxy) is 1. The lowest BCUT2D eigenvalue weighted by atomic mass is 10.1. The van der Waals surface area contributed by atoms with Gasteiger partial charge >= 0.3 is 0 Å². The van der Waals surface area contributed by atoms with Crippen molar-refractivity contribution in [2.75, 3.05) is 12.4 Å². The van der Waals surface area contributed by atoms with Crippen molar-refractivity contribution in [3.8, 4) is 17.0 Å².